The Balaban J connectivity index is 1.55. The summed E-state index contributed by atoms with van der Waals surface area (Å²) in [6.07, 6.45) is 1.02. The molecular formula is C21H21N3OS. The highest BCUT2D eigenvalue weighted by Crippen LogP contribution is 2.20. The summed E-state index contributed by atoms with van der Waals surface area (Å²) < 4.78 is 0. The molecule has 132 valence electrons. The van der Waals surface area contributed by atoms with Crippen LogP contribution in [-0.4, -0.2) is 21.9 Å². The molecule has 1 heterocycles. The molecule has 2 aromatic carbocycles. The molecule has 0 saturated heterocycles. The van der Waals surface area contributed by atoms with Crippen molar-refractivity contribution in [2.75, 3.05) is 11.1 Å². The molecule has 0 atom stereocenters. The average Bonchev–Trinajstić information content (AvgIpc) is 2.69. The summed E-state index contributed by atoms with van der Waals surface area (Å²) in [7, 11) is 0. The number of benzene rings is 2. The van der Waals surface area contributed by atoms with E-state index in [0.717, 1.165) is 34.0 Å². The van der Waals surface area contributed by atoms with Crippen molar-refractivity contribution in [3.05, 3.63) is 71.8 Å². The van der Waals surface area contributed by atoms with Crippen LogP contribution < -0.4 is 5.32 Å². The van der Waals surface area contributed by atoms with Crippen LogP contribution in [0.1, 0.15) is 18.1 Å². The molecule has 0 unspecified atom stereocenters. The molecule has 1 aromatic heterocycles. The first-order valence-corrected chi connectivity index (χ1v) is 9.55. The summed E-state index contributed by atoms with van der Waals surface area (Å²) in [4.78, 5) is 12.0. The second-order valence-corrected chi connectivity index (χ2v) is 7.01. The molecule has 1 N–H and O–H groups in total. The van der Waals surface area contributed by atoms with Crippen LogP contribution in [0.25, 0.3) is 11.3 Å². The fourth-order valence-electron chi connectivity index (χ4n) is 2.44. The van der Waals surface area contributed by atoms with Crippen molar-refractivity contribution in [2.45, 2.75) is 25.3 Å². The molecule has 0 aliphatic carbocycles. The number of aromatic nitrogens is 2. The Morgan fingerprint density at radius 1 is 0.962 bits per heavy atom. The Kier molecular flexibility index (Phi) is 6.02. The molecule has 5 heteroatoms. The van der Waals surface area contributed by atoms with Crippen LogP contribution >= 0.6 is 11.8 Å². The Morgan fingerprint density at radius 2 is 1.69 bits per heavy atom. The lowest BCUT2D eigenvalue weighted by Crippen LogP contribution is -2.14. The van der Waals surface area contributed by atoms with Gasteiger partial charge in [-0.25, -0.2) is 0 Å². The number of hydrogen-bond donors (Lipinski definition) is 1. The molecule has 3 aromatic rings. The van der Waals surface area contributed by atoms with Crippen LogP contribution in [0, 0.1) is 6.92 Å². The number of carbonyl (C=O) groups is 1. The van der Waals surface area contributed by atoms with Gasteiger partial charge in [0.2, 0.25) is 5.91 Å². The molecule has 4 nitrogen and oxygen atoms in total. The molecule has 0 aliphatic heterocycles. The normalized spacial score (nSPS) is 10.5. The minimum absolute atomic E-state index is 0.0557. The average molecular weight is 363 g/mol. The minimum Gasteiger partial charge on any atom is -0.325 e. The third-order valence-electron chi connectivity index (χ3n) is 3.98. The van der Waals surface area contributed by atoms with Crippen LogP contribution in [0.2, 0.25) is 0 Å². The Morgan fingerprint density at radius 3 is 2.31 bits per heavy atom. The van der Waals surface area contributed by atoms with Crippen LogP contribution in [0.3, 0.4) is 0 Å². The predicted octanol–water partition coefficient (Wildman–Crippen LogP) is 4.75. The second kappa shape index (κ2) is 8.63. The summed E-state index contributed by atoms with van der Waals surface area (Å²) >= 11 is 1.38. The van der Waals surface area contributed by atoms with Gasteiger partial charge in [-0.2, -0.15) is 0 Å². The molecule has 26 heavy (non-hydrogen) atoms. The molecule has 0 fully saturated rings. The summed E-state index contributed by atoms with van der Waals surface area (Å²) in [6, 6.07) is 19.9. The van der Waals surface area contributed by atoms with Crippen LogP contribution in [-0.2, 0) is 11.2 Å². The van der Waals surface area contributed by atoms with E-state index in [-0.39, 0.29) is 5.91 Å². The van der Waals surface area contributed by atoms with E-state index >= 15 is 0 Å². The van der Waals surface area contributed by atoms with Gasteiger partial charge < -0.3 is 5.32 Å². The van der Waals surface area contributed by atoms with Gasteiger partial charge in [0, 0.05) is 11.3 Å². The lowest BCUT2D eigenvalue weighted by Gasteiger charge is -2.06. The summed E-state index contributed by atoms with van der Waals surface area (Å²) in [5.41, 5.74) is 5.15. The Bertz CT molecular complexity index is 859. The van der Waals surface area contributed by atoms with E-state index in [1.54, 1.807) is 0 Å². The maximum Gasteiger partial charge on any atom is 0.234 e. The van der Waals surface area contributed by atoms with Gasteiger partial charge in [-0.3, -0.25) is 4.79 Å². The van der Waals surface area contributed by atoms with Gasteiger partial charge in [-0.15, -0.1) is 10.2 Å². The third-order valence-corrected chi connectivity index (χ3v) is 4.90. The van der Waals surface area contributed by atoms with Crippen molar-refractivity contribution < 1.29 is 4.79 Å². The van der Waals surface area contributed by atoms with E-state index in [2.05, 4.69) is 46.7 Å². The van der Waals surface area contributed by atoms with E-state index in [9.17, 15) is 4.79 Å². The van der Waals surface area contributed by atoms with E-state index in [1.807, 2.05) is 43.3 Å². The first-order valence-electron chi connectivity index (χ1n) is 8.56. The first kappa shape index (κ1) is 18.1. The van der Waals surface area contributed by atoms with Crippen LogP contribution in [0.5, 0.6) is 0 Å². The van der Waals surface area contributed by atoms with Crippen molar-refractivity contribution in [1.82, 2.24) is 10.2 Å². The van der Waals surface area contributed by atoms with Gasteiger partial charge in [0.15, 0.2) is 0 Å². The summed E-state index contributed by atoms with van der Waals surface area (Å²) in [5.74, 6) is 0.243. The van der Waals surface area contributed by atoms with Crippen molar-refractivity contribution in [3.8, 4) is 11.3 Å². The topological polar surface area (TPSA) is 54.9 Å². The zero-order valence-electron chi connectivity index (χ0n) is 14.9. The monoisotopic (exact) mass is 363 g/mol. The standard InChI is InChI=1S/C21H21N3OS/c1-3-16-6-8-17(9-7-16)19-12-13-21(24-23-19)26-14-20(25)22-18-10-4-15(2)5-11-18/h4-13H,3,14H2,1-2H3,(H,22,25). The number of nitrogens with one attached hydrogen (secondary N) is 1. The SMILES string of the molecule is CCc1ccc(-c2ccc(SCC(=O)Nc3ccc(C)cc3)nn2)cc1. The highest BCUT2D eigenvalue weighted by atomic mass is 32.2. The lowest BCUT2D eigenvalue weighted by atomic mass is 10.1. The van der Waals surface area contributed by atoms with E-state index in [0.29, 0.717) is 5.75 Å². The molecule has 0 spiro atoms. The smallest absolute Gasteiger partial charge is 0.234 e. The molecule has 0 bridgehead atoms. The molecule has 1 amide bonds. The van der Waals surface area contributed by atoms with Gasteiger partial charge in [0.05, 0.1) is 11.4 Å². The van der Waals surface area contributed by atoms with Gasteiger partial charge in [0.25, 0.3) is 0 Å². The van der Waals surface area contributed by atoms with E-state index < -0.39 is 0 Å². The van der Waals surface area contributed by atoms with E-state index in [4.69, 9.17) is 0 Å². The zero-order chi connectivity index (χ0) is 18.4. The van der Waals surface area contributed by atoms with E-state index in [1.165, 1.54) is 17.3 Å². The van der Waals surface area contributed by atoms with Crippen molar-refractivity contribution in [3.63, 3.8) is 0 Å². The van der Waals surface area contributed by atoms with Crippen molar-refractivity contribution in [2.24, 2.45) is 0 Å². The Labute approximate surface area is 158 Å². The van der Waals surface area contributed by atoms with Gasteiger partial charge in [-0.1, -0.05) is 60.6 Å². The molecule has 3 rings (SSSR count). The largest absolute Gasteiger partial charge is 0.325 e. The number of thioether (sulfide) groups is 1. The van der Waals surface area contributed by atoms with Crippen molar-refractivity contribution >= 4 is 23.4 Å². The number of rotatable bonds is 6. The number of hydrogen-bond acceptors (Lipinski definition) is 4. The fraction of sp³-hybridized carbons (Fsp3) is 0.190. The third kappa shape index (κ3) is 4.92. The quantitative estimate of drug-likeness (QED) is 0.643. The first-order chi connectivity index (χ1) is 12.6. The maximum atomic E-state index is 12.0. The maximum absolute atomic E-state index is 12.0. The van der Waals surface area contributed by atoms with Crippen molar-refractivity contribution in [1.29, 1.82) is 0 Å². The molecule has 0 saturated carbocycles. The predicted molar refractivity (Wildman–Crippen MR) is 107 cm³/mol. The number of anilines is 1. The minimum atomic E-state index is -0.0557. The molecular weight excluding hydrogens is 342 g/mol. The molecule has 0 radical (unpaired) electrons. The Hall–Kier alpha value is -2.66. The fourth-order valence-corrected chi connectivity index (χ4v) is 3.05. The van der Waals surface area contributed by atoms with Gasteiger partial charge in [-0.05, 0) is 43.2 Å². The number of amides is 1. The lowest BCUT2D eigenvalue weighted by molar-refractivity contribution is -0.113. The summed E-state index contributed by atoms with van der Waals surface area (Å²) in [6.45, 7) is 4.15. The number of nitrogens with zero attached hydrogens (tertiary/aromatic N) is 2. The van der Waals surface area contributed by atoms with Crippen LogP contribution in [0.15, 0.2) is 65.7 Å². The van der Waals surface area contributed by atoms with Crippen LogP contribution in [0.4, 0.5) is 5.69 Å². The highest BCUT2D eigenvalue weighted by Gasteiger charge is 2.06. The highest BCUT2D eigenvalue weighted by molar-refractivity contribution is 7.99. The molecule has 0 aliphatic rings. The van der Waals surface area contributed by atoms with Gasteiger partial charge in [0.1, 0.15) is 5.03 Å². The van der Waals surface area contributed by atoms with Gasteiger partial charge >= 0.3 is 0 Å². The second-order valence-electron chi connectivity index (χ2n) is 6.01. The summed E-state index contributed by atoms with van der Waals surface area (Å²) in [5, 5.41) is 12.1. The number of aryl methyl sites for hydroxylation is 2. The number of carbonyl (C=O) groups excluding carboxylic acids is 1. The zero-order valence-corrected chi connectivity index (χ0v) is 15.7.